The molecule has 106 valence electrons. The molecule has 0 saturated heterocycles. The number of H-pyrrole nitrogens is 1. The van der Waals surface area contributed by atoms with E-state index < -0.39 is 11.2 Å². The molecule has 6 nitrogen and oxygen atoms in total. The van der Waals surface area contributed by atoms with E-state index in [0.29, 0.717) is 24.5 Å². The van der Waals surface area contributed by atoms with Crippen LogP contribution in [0, 0.1) is 6.92 Å². The summed E-state index contributed by atoms with van der Waals surface area (Å²) in [5.41, 5.74) is 0.629. The van der Waals surface area contributed by atoms with E-state index >= 15 is 0 Å². The van der Waals surface area contributed by atoms with Crippen molar-refractivity contribution in [2.24, 2.45) is 0 Å². The standard InChI is InChI=1S/C14H16N2O4/c1-10-9-11(20-8-2-7-17)3-4-12(10)16-6-5-13(18)15-14(16)19/h3-6,9,17H,2,7-8H2,1H3,(H,15,18,19). The molecule has 0 spiro atoms. The summed E-state index contributed by atoms with van der Waals surface area (Å²) >= 11 is 0. The lowest BCUT2D eigenvalue weighted by Gasteiger charge is -2.11. The largest absolute Gasteiger partial charge is 0.493 e. The molecule has 1 aromatic carbocycles. The molecular weight excluding hydrogens is 260 g/mol. The van der Waals surface area contributed by atoms with Gasteiger partial charge in [-0.25, -0.2) is 4.79 Å². The highest BCUT2D eigenvalue weighted by Crippen LogP contribution is 2.19. The second-order valence-electron chi connectivity index (χ2n) is 4.35. The van der Waals surface area contributed by atoms with Crippen molar-refractivity contribution < 1.29 is 9.84 Å². The summed E-state index contributed by atoms with van der Waals surface area (Å²) in [6, 6.07) is 6.61. The number of aliphatic hydroxyl groups excluding tert-OH is 1. The summed E-state index contributed by atoms with van der Waals surface area (Å²) in [5.74, 6) is 0.678. The van der Waals surface area contributed by atoms with E-state index in [1.807, 2.05) is 13.0 Å². The Morgan fingerprint density at radius 2 is 2.10 bits per heavy atom. The molecule has 1 aromatic heterocycles. The number of ether oxygens (including phenoxy) is 1. The van der Waals surface area contributed by atoms with Crippen molar-refractivity contribution in [3.63, 3.8) is 0 Å². The number of nitrogens with one attached hydrogen (secondary N) is 1. The number of rotatable bonds is 5. The first-order valence-electron chi connectivity index (χ1n) is 6.28. The lowest BCUT2D eigenvalue weighted by molar-refractivity contribution is 0.233. The molecular formula is C14H16N2O4. The zero-order valence-electron chi connectivity index (χ0n) is 11.1. The summed E-state index contributed by atoms with van der Waals surface area (Å²) in [6.45, 7) is 2.38. The fourth-order valence-corrected chi connectivity index (χ4v) is 1.85. The Morgan fingerprint density at radius 3 is 2.75 bits per heavy atom. The number of hydrogen-bond donors (Lipinski definition) is 2. The van der Waals surface area contributed by atoms with Crippen molar-refractivity contribution >= 4 is 0 Å². The van der Waals surface area contributed by atoms with Crippen molar-refractivity contribution in [3.8, 4) is 11.4 Å². The van der Waals surface area contributed by atoms with Gasteiger partial charge in [-0.3, -0.25) is 14.3 Å². The minimum absolute atomic E-state index is 0.0871. The van der Waals surface area contributed by atoms with Crippen LogP contribution in [0.5, 0.6) is 5.75 Å². The third-order valence-electron chi connectivity index (χ3n) is 2.82. The van der Waals surface area contributed by atoms with E-state index in [-0.39, 0.29) is 6.61 Å². The van der Waals surface area contributed by atoms with Gasteiger partial charge in [0.05, 0.1) is 12.3 Å². The molecule has 6 heteroatoms. The van der Waals surface area contributed by atoms with Crippen LogP contribution < -0.4 is 16.0 Å². The van der Waals surface area contributed by atoms with Gasteiger partial charge in [0.25, 0.3) is 5.56 Å². The lowest BCUT2D eigenvalue weighted by atomic mass is 10.2. The lowest BCUT2D eigenvalue weighted by Crippen LogP contribution is -2.27. The molecule has 2 N–H and O–H groups in total. The van der Waals surface area contributed by atoms with Gasteiger partial charge >= 0.3 is 5.69 Å². The predicted molar refractivity (Wildman–Crippen MR) is 74.6 cm³/mol. The maximum Gasteiger partial charge on any atom is 0.332 e. The minimum Gasteiger partial charge on any atom is -0.493 e. The number of nitrogens with zero attached hydrogens (tertiary/aromatic N) is 1. The average molecular weight is 276 g/mol. The van der Waals surface area contributed by atoms with Gasteiger partial charge in [-0.15, -0.1) is 0 Å². The number of benzene rings is 1. The molecule has 2 aromatic rings. The number of aromatic amines is 1. The molecule has 0 bridgehead atoms. The molecule has 0 saturated carbocycles. The molecule has 0 aliphatic rings. The molecule has 20 heavy (non-hydrogen) atoms. The average Bonchev–Trinajstić information content (AvgIpc) is 2.40. The Kier molecular flexibility index (Phi) is 4.37. The third kappa shape index (κ3) is 3.16. The summed E-state index contributed by atoms with van der Waals surface area (Å²) < 4.78 is 6.83. The Morgan fingerprint density at radius 1 is 1.30 bits per heavy atom. The highest BCUT2D eigenvalue weighted by molar-refractivity contribution is 5.44. The fraction of sp³-hybridized carbons (Fsp3) is 0.286. The highest BCUT2D eigenvalue weighted by Gasteiger charge is 2.05. The van der Waals surface area contributed by atoms with E-state index in [1.165, 1.54) is 16.8 Å². The normalized spacial score (nSPS) is 10.5. The van der Waals surface area contributed by atoms with E-state index in [1.54, 1.807) is 12.1 Å². The van der Waals surface area contributed by atoms with Gasteiger partial charge in [0.2, 0.25) is 0 Å². The molecule has 0 radical (unpaired) electrons. The fourth-order valence-electron chi connectivity index (χ4n) is 1.85. The van der Waals surface area contributed by atoms with Crippen LogP contribution in [0.2, 0.25) is 0 Å². The molecule has 0 fully saturated rings. The summed E-state index contributed by atoms with van der Waals surface area (Å²) in [7, 11) is 0. The zero-order valence-corrected chi connectivity index (χ0v) is 11.1. The van der Waals surface area contributed by atoms with Gasteiger partial charge < -0.3 is 9.84 Å². The number of aromatic nitrogens is 2. The van der Waals surface area contributed by atoms with Crippen molar-refractivity contribution in [2.45, 2.75) is 13.3 Å². The molecule has 0 amide bonds. The Balaban J connectivity index is 2.29. The number of hydrogen-bond acceptors (Lipinski definition) is 4. The van der Waals surface area contributed by atoms with Crippen LogP contribution in [0.15, 0.2) is 40.1 Å². The minimum atomic E-state index is -0.477. The Bertz CT molecular complexity index is 703. The van der Waals surface area contributed by atoms with Crippen LogP contribution in [-0.4, -0.2) is 27.9 Å². The van der Waals surface area contributed by atoms with E-state index in [4.69, 9.17) is 9.84 Å². The molecule has 2 rings (SSSR count). The first-order valence-corrected chi connectivity index (χ1v) is 6.28. The smallest absolute Gasteiger partial charge is 0.332 e. The highest BCUT2D eigenvalue weighted by atomic mass is 16.5. The van der Waals surface area contributed by atoms with Gasteiger partial charge in [0.15, 0.2) is 0 Å². The quantitative estimate of drug-likeness (QED) is 0.783. The predicted octanol–water partition coefficient (Wildman–Crippen LogP) is 0.595. The van der Waals surface area contributed by atoms with Crippen molar-refractivity contribution in [1.29, 1.82) is 0 Å². The summed E-state index contributed by atoms with van der Waals surface area (Å²) in [4.78, 5) is 25.0. The van der Waals surface area contributed by atoms with Crippen molar-refractivity contribution in [3.05, 3.63) is 56.9 Å². The molecule has 0 aliphatic carbocycles. The van der Waals surface area contributed by atoms with Crippen LogP contribution in [0.25, 0.3) is 5.69 Å². The van der Waals surface area contributed by atoms with E-state index in [2.05, 4.69) is 4.98 Å². The maximum absolute atomic E-state index is 11.7. The molecule has 0 unspecified atom stereocenters. The summed E-state index contributed by atoms with van der Waals surface area (Å²) in [5, 5.41) is 8.70. The van der Waals surface area contributed by atoms with Crippen LogP contribution in [0.4, 0.5) is 0 Å². The van der Waals surface area contributed by atoms with Crippen LogP contribution in [0.1, 0.15) is 12.0 Å². The van der Waals surface area contributed by atoms with E-state index in [9.17, 15) is 9.59 Å². The van der Waals surface area contributed by atoms with Gasteiger partial charge in [-0.1, -0.05) is 0 Å². The SMILES string of the molecule is Cc1cc(OCCCO)ccc1-n1ccc(=O)[nH]c1=O. The monoisotopic (exact) mass is 276 g/mol. The topological polar surface area (TPSA) is 84.3 Å². The van der Waals surface area contributed by atoms with Crippen LogP contribution in [-0.2, 0) is 0 Å². The molecule has 1 heterocycles. The first-order chi connectivity index (χ1) is 9.61. The Hall–Kier alpha value is -2.34. The third-order valence-corrected chi connectivity index (χ3v) is 2.82. The summed E-state index contributed by atoms with van der Waals surface area (Å²) in [6.07, 6.45) is 2.01. The second-order valence-corrected chi connectivity index (χ2v) is 4.35. The van der Waals surface area contributed by atoms with Gasteiger partial charge in [-0.2, -0.15) is 0 Å². The van der Waals surface area contributed by atoms with Crippen LogP contribution >= 0.6 is 0 Å². The molecule has 0 atom stereocenters. The first kappa shape index (κ1) is 14.1. The van der Waals surface area contributed by atoms with Crippen molar-refractivity contribution in [1.82, 2.24) is 9.55 Å². The Labute approximate surface area is 115 Å². The van der Waals surface area contributed by atoms with Crippen LogP contribution in [0.3, 0.4) is 0 Å². The molecule has 0 aliphatic heterocycles. The van der Waals surface area contributed by atoms with E-state index in [0.717, 1.165) is 5.56 Å². The van der Waals surface area contributed by atoms with Gasteiger partial charge in [-0.05, 0) is 30.7 Å². The van der Waals surface area contributed by atoms with Crippen molar-refractivity contribution in [2.75, 3.05) is 13.2 Å². The maximum atomic E-state index is 11.7. The second kappa shape index (κ2) is 6.21. The zero-order chi connectivity index (χ0) is 14.5. The van der Waals surface area contributed by atoms with Gasteiger partial charge in [0.1, 0.15) is 5.75 Å². The number of aryl methyl sites for hydroxylation is 1. The van der Waals surface area contributed by atoms with Gasteiger partial charge in [0, 0.05) is 25.3 Å². The number of aliphatic hydroxyl groups is 1.